The van der Waals surface area contributed by atoms with E-state index in [0.717, 1.165) is 21.1 Å². The number of sulfonamides is 1. The second-order valence-electron chi connectivity index (χ2n) is 4.40. The van der Waals surface area contributed by atoms with Gasteiger partial charge in [-0.2, -0.15) is 0 Å². The average molecular weight is 359 g/mol. The summed E-state index contributed by atoms with van der Waals surface area (Å²) in [5.41, 5.74) is 8.13. The molecule has 5 N–H and O–H groups in total. The van der Waals surface area contributed by atoms with Crippen LogP contribution < -0.4 is 16.2 Å². The summed E-state index contributed by atoms with van der Waals surface area (Å²) in [7, 11) is -3.42. The number of hydrogen-bond donors (Lipinski definition) is 3. The molecule has 20 heavy (non-hydrogen) atoms. The minimum Gasteiger partial charge on any atom is -0.398 e. The van der Waals surface area contributed by atoms with Crippen LogP contribution in [0.2, 0.25) is 0 Å². The zero-order valence-electron chi connectivity index (χ0n) is 10.6. The van der Waals surface area contributed by atoms with E-state index in [4.69, 9.17) is 10.9 Å². The predicted octanol–water partition coefficient (Wildman–Crippen LogP) is 1.67. The van der Waals surface area contributed by atoms with E-state index in [1.807, 2.05) is 12.1 Å². The smallest absolute Gasteiger partial charge is 0.209 e. The average Bonchev–Trinajstić information content (AvgIpc) is 2.36. The van der Waals surface area contributed by atoms with E-state index in [-0.39, 0.29) is 5.75 Å². The number of pyridine rings is 1. The first-order valence-corrected chi connectivity index (χ1v) is 8.46. The molecule has 0 fully saturated rings. The molecule has 0 bridgehead atoms. The lowest BCUT2D eigenvalue weighted by Gasteiger charge is -2.10. The van der Waals surface area contributed by atoms with Crippen molar-refractivity contribution in [2.45, 2.75) is 6.42 Å². The molecule has 2 rings (SSSR count). The molecule has 0 amide bonds. The van der Waals surface area contributed by atoms with Crippen molar-refractivity contribution in [3.05, 3.63) is 28.9 Å². The van der Waals surface area contributed by atoms with Crippen LogP contribution >= 0.6 is 15.9 Å². The fraction of sp³-hybridized carbons (Fsp3) is 0.250. The van der Waals surface area contributed by atoms with Gasteiger partial charge in [0.05, 0.1) is 17.0 Å². The van der Waals surface area contributed by atoms with Gasteiger partial charge in [-0.1, -0.05) is 0 Å². The van der Waals surface area contributed by atoms with E-state index < -0.39 is 10.0 Å². The zero-order chi connectivity index (χ0) is 14.8. The van der Waals surface area contributed by atoms with E-state index >= 15 is 0 Å². The summed E-state index contributed by atoms with van der Waals surface area (Å²) in [5.74, 6) is -0.0497. The normalized spacial score (nSPS) is 11.7. The van der Waals surface area contributed by atoms with Gasteiger partial charge in [-0.05, 0) is 40.5 Å². The second kappa shape index (κ2) is 5.94. The highest BCUT2D eigenvalue weighted by molar-refractivity contribution is 9.10. The molecule has 6 nitrogen and oxygen atoms in total. The molecule has 0 radical (unpaired) electrons. The lowest BCUT2D eigenvalue weighted by molar-refractivity contribution is 0.596. The van der Waals surface area contributed by atoms with Crippen LogP contribution in [0.15, 0.2) is 28.9 Å². The molecule has 2 aromatic rings. The number of aromatic nitrogens is 1. The lowest BCUT2D eigenvalue weighted by Crippen LogP contribution is -2.18. The highest BCUT2D eigenvalue weighted by atomic mass is 79.9. The largest absolute Gasteiger partial charge is 0.398 e. The molecule has 0 saturated heterocycles. The Morgan fingerprint density at radius 2 is 2.10 bits per heavy atom. The van der Waals surface area contributed by atoms with Gasteiger partial charge in [-0.3, -0.25) is 4.98 Å². The molecule has 0 atom stereocenters. The first-order chi connectivity index (χ1) is 9.37. The Balaban J connectivity index is 2.17. The predicted molar refractivity (Wildman–Crippen MR) is 84.9 cm³/mol. The zero-order valence-corrected chi connectivity index (χ0v) is 13.0. The van der Waals surface area contributed by atoms with Crippen LogP contribution in [0.1, 0.15) is 6.42 Å². The van der Waals surface area contributed by atoms with Crippen LogP contribution in [-0.2, 0) is 10.0 Å². The fourth-order valence-corrected chi connectivity index (χ4v) is 2.73. The Morgan fingerprint density at radius 1 is 1.35 bits per heavy atom. The van der Waals surface area contributed by atoms with Gasteiger partial charge in [0.15, 0.2) is 0 Å². The van der Waals surface area contributed by atoms with Gasteiger partial charge in [0, 0.05) is 28.3 Å². The molecule has 0 spiro atoms. The molecular weight excluding hydrogens is 344 g/mol. The molecule has 1 heterocycles. The van der Waals surface area contributed by atoms with E-state index in [2.05, 4.69) is 26.2 Å². The van der Waals surface area contributed by atoms with E-state index in [1.54, 1.807) is 12.3 Å². The maximum Gasteiger partial charge on any atom is 0.209 e. The minimum absolute atomic E-state index is 0.0497. The van der Waals surface area contributed by atoms with Crippen molar-refractivity contribution in [2.24, 2.45) is 5.14 Å². The maximum absolute atomic E-state index is 10.9. The summed E-state index contributed by atoms with van der Waals surface area (Å²) in [4.78, 5) is 4.34. The molecule has 0 aliphatic heterocycles. The van der Waals surface area contributed by atoms with Crippen molar-refractivity contribution in [3.63, 3.8) is 0 Å². The van der Waals surface area contributed by atoms with Gasteiger partial charge < -0.3 is 11.1 Å². The summed E-state index contributed by atoms with van der Waals surface area (Å²) >= 11 is 3.36. The first-order valence-electron chi connectivity index (χ1n) is 5.95. The lowest BCUT2D eigenvalue weighted by atomic mass is 10.1. The molecule has 1 aromatic carbocycles. The van der Waals surface area contributed by atoms with Gasteiger partial charge in [-0.15, -0.1) is 0 Å². The number of benzene rings is 1. The van der Waals surface area contributed by atoms with Crippen LogP contribution in [0.5, 0.6) is 0 Å². The molecule has 8 heteroatoms. The SMILES string of the molecule is Nc1ccc(NCCCS(N)(=O)=O)c2ncc(Br)cc12. The quantitative estimate of drug-likeness (QED) is 0.556. The Kier molecular flexibility index (Phi) is 4.46. The number of fused-ring (bicyclic) bond motifs is 1. The van der Waals surface area contributed by atoms with Crippen LogP contribution in [0, 0.1) is 0 Å². The summed E-state index contributed by atoms with van der Waals surface area (Å²) in [6, 6.07) is 5.52. The number of hydrogen-bond acceptors (Lipinski definition) is 5. The third kappa shape index (κ3) is 3.81. The topological polar surface area (TPSA) is 111 Å². The van der Waals surface area contributed by atoms with Gasteiger partial charge >= 0.3 is 0 Å². The second-order valence-corrected chi connectivity index (χ2v) is 7.05. The molecule has 0 aliphatic carbocycles. The summed E-state index contributed by atoms with van der Waals surface area (Å²) in [6.45, 7) is 0.493. The minimum atomic E-state index is -3.42. The number of nitrogens with two attached hydrogens (primary N) is 2. The number of halogens is 1. The monoisotopic (exact) mass is 358 g/mol. The Labute approximate surface area is 125 Å². The van der Waals surface area contributed by atoms with Gasteiger partial charge in [-0.25, -0.2) is 13.6 Å². The number of anilines is 2. The number of nitrogens with zero attached hydrogens (tertiary/aromatic N) is 1. The number of primary sulfonamides is 1. The van der Waals surface area contributed by atoms with Crippen LogP contribution in [0.25, 0.3) is 10.9 Å². The Morgan fingerprint density at radius 3 is 2.80 bits per heavy atom. The van der Waals surface area contributed by atoms with Gasteiger partial charge in [0.25, 0.3) is 0 Å². The highest BCUT2D eigenvalue weighted by Gasteiger charge is 2.07. The van der Waals surface area contributed by atoms with E-state index in [0.29, 0.717) is 18.7 Å². The van der Waals surface area contributed by atoms with Crippen molar-refractivity contribution >= 4 is 48.2 Å². The van der Waals surface area contributed by atoms with E-state index in [9.17, 15) is 8.42 Å². The molecule has 0 unspecified atom stereocenters. The third-order valence-corrected chi connectivity index (χ3v) is 4.06. The van der Waals surface area contributed by atoms with Crippen molar-refractivity contribution in [3.8, 4) is 0 Å². The van der Waals surface area contributed by atoms with Crippen molar-refractivity contribution < 1.29 is 8.42 Å². The Hall–Kier alpha value is -1.38. The van der Waals surface area contributed by atoms with Gasteiger partial charge in [0.2, 0.25) is 10.0 Å². The summed E-state index contributed by atoms with van der Waals surface area (Å²) in [5, 5.41) is 8.95. The van der Waals surface area contributed by atoms with Crippen molar-refractivity contribution in [2.75, 3.05) is 23.3 Å². The molecule has 108 valence electrons. The van der Waals surface area contributed by atoms with Crippen LogP contribution in [0.3, 0.4) is 0 Å². The van der Waals surface area contributed by atoms with Crippen LogP contribution in [-0.4, -0.2) is 25.7 Å². The first kappa shape index (κ1) is 15.0. The number of nitrogen functional groups attached to an aromatic ring is 1. The number of rotatable bonds is 5. The van der Waals surface area contributed by atoms with Crippen molar-refractivity contribution in [1.82, 2.24) is 4.98 Å². The fourth-order valence-electron chi connectivity index (χ4n) is 1.85. The molecule has 1 aromatic heterocycles. The third-order valence-electron chi connectivity index (χ3n) is 2.77. The summed E-state index contributed by atoms with van der Waals surface area (Å²) < 4.78 is 22.6. The maximum atomic E-state index is 10.9. The molecule has 0 saturated carbocycles. The Bertz CT molecular complexity index is 734. The van der Waals surface area contributed by atoms with Gasteiger partial charge in [0.1, 0.15) is 0 Å². The summed E-state index contributed by atoms with van der Waals surface area (Å²) in [6.07, 6.45) is 2.12. The molecular formula is C12H15BrN4O2S. The number of nitrogens with one attached hydrogen (secondary N) is 1. The van der Waals surface area contributed by atoms with Crippen molar-refractivity contribution in [1.29, 1.82) is 0 Å². The highest BCUT2D eigenvalue weighted by Crippen LogP contribution is 2.28. The van der Waals surface area contributed by atoms with E-state index in [1.165, 1.54) is 0 Å². The van der Waals surface area contributed by atoms with Crippen LogP contribution in [0.4, 0.5) is 11.4 Å². The molecule has 0 aliphatic rings. The standard InChI is InChI=1S/C12H15BrN4O2S/c13-8-6-9-10(14)2-3-11(12(9)17-7-8)16-4-1-5-20(15,18)19/h2-3,6-7,16H,1,4-5,14H2,(H2,15,18,19).